The van der Waals surface area contributed by atoms with Crippen molar-refractivity contribution in [1.29, 1.82) is 0 Å². The van der Waals surface area contributed by atoms with E-state index in [0.29, 0.717) is 22.3 Å². The molecule has 4 N–H and O–H groups in total. The molecular weight excluding hydrogens is 578 g/mol. The Hall–Kier alpha value is -3.82. The SMILES string of the molecule is COc1ccc(OP(=O)(OCC2(C(F)F)OC(n3cc(F)c(N)nc3=O)C(O)C2O)Oc2ccc(OC)cc2)cc1. The summed E-state index contributed by atoms with van der Waals surface area (Å²) in [6.07, 6.45) is -9.83. The number of nitrogens with two attached hydrogens (primary N) is 1. The monoisotopic (exact) mass is 603 g/mol. The normalized spacial score (nSPS) is 22.5. The van der Waals surface area contributed by atoms with Gasteiger partial charge in [0.15, 0.2) is 23.5 Å². The van der Waals surface area contributed by atoms with Gasteiger partial charge in [-0.3, -0.25) is 9.09 Å². The molecule has 0 spiro atoms. The fourth-order valence-corrected chi connectivity index (χ4v) is 5.08. The molecule has 0 aliphatic carbocycles. The molecule has 13 nitrogen and oxygen atoms in total. The molecule has 17 heteroatoms. The predicted molar refractivity (Wildman–Crippen MR) is 135 cm³/mol. The molecule has 4 atom stereocenters. The zero-order chi connectivity index (χ0) is 29.9. The average molecular weight is 603 g/mol. The number of aliphatic hydroxyl groups excluding tert-OH is 2. The van der Waals surface area contributed by atoms with Crippen molar-refractivity contribution in [3.63, 3.8) is 0 Å². The van der Waals surface area contributed by atoms with E-state index in [-0.39, 0.29) is 11.5 Å². The summed E-state index contributed by atoms with van der Waals surface area (Å²) in [6.45, 7) is -1.39. The van der Waals surface area contributed by atoms with Crippen LogP contribution in [0.25, 0.3) is 0 Å². The van der Waals surface area contributed by atoms with Crippen LogP contribution in [0.15, 0.2) is 59.5 Å². The summed E-state index contributed by atoms with van der Waals surface area (Å²) in [5.74, 6) is -1.30. The van der Waals surface area contributed by atoms with Gasteiger partial charge in [0.2, 0.25) is 0 Å². The van der Waals surface area contributed by atoms with Gasteiger partial charge in [0.25, 0.3) is 6.43 Å². The molecule has 4 rings (SSSR count). The summed E-state index contributed by atoms with van der Waals surface area (Å²) in [7, 11) is -2.02. The first kappa shape index (κ1) is 30.1. The van der Waals surface area contributed by atoms with Gasteiger partial charge in [-0.05, 0) is 48.5 Å². The van der Waals surface area contributed by atoms with Crippen LogP contribution in [-0.2, 0) is 13.8 Å². The Balaban J connectivity index is 1.65. The molecule has 0 bridgehead atoms. The number of halogens is 3. The van der Waals surface area contributed by atoms with E-state index in [2.05, 4.69) is 4.98 Å². The number of nitrogen functional groups attached to an aromatic ring is 1. The molecular formula is C24H25F3N3O10P. The second-order valence-electron chi connectivity index (χ2n) is 8.62. The van der Waals surface area contributed by atoms with Crippen molar-refractivity contribution in [1.82, 2.24) is 9.55 Å². The van der Waals surface area contributed by atoms with Crippen LogP contribution < -0.4 is 29.9 Å². The molecule has 0 saturated carbocycles. The quantitative estimate of drug-likeness (QED) is 0.274. The number of ether oxygens (including phenoxy) is 3. The number of phosphoric ester groups is 1. The van der Waals surface area contributed by atoms with Crippen LogP contribution in [0.2, 0.25) is 0 Å². The van der Waals surface area contributed by atoms with Crippen molar-refractivity contribution in [3.05, 3.63) is 71.0 Å². The van der Waals surface area contributed by atoms with Gasteiger partial charge in [0.05, 0.1) is 27.0 Å². The molecule has 3 aromatic rings. The van der Waals surface area contributed by atoms with E-state index in [9.17, 15) is 32.7 Å². The largest absolute Gasteiger partial charge is 0.587 e. The van der Waals surface area contributed by atoms with E-state index in [0.717, 1.165) is 0 Å². The van der Waals surface area contributed by atoms with Crippen LogP contribution in [0, 0.1) is 5.82 Å². The van der Waals surface area contributed by atoms with E-state index < -0.39 is 62.2 Å². The molecule has 4 unspecified atom stereocenters. The van der Waals surface area contributed by atoms with Crippen molar-refractivity contribution in [2.45, 2.75) is 30.5 Å². The number of aliphatic hydroxyl groups is 2. The molecule has 222 valence electrons. The van der Waals surface area contributed by atoms with Crippen LogP contribution in [0.1, 0.15) is 6.23 Å². The number of methoxy groups -OCH3 is 2. The highest BCUT2D eigenvalue weighted by atomic mass is 31.2. The summed E-state index contributed by atoms with van der Waals surface area (Å²) >= 11 is 0. The van der Waals surface area contributed by atoms with E-state index in [4.69, 9.17) is 33.5 Å². The molecule has 1 aliphatic heterocycles. The third-order valence-corrected chi connectivity index (χ3v) is 7.35. The van der Waals surface area contributed by atoms with Gasteiger partial charge in [0.1, 0.15) is 35.2 Å². The van der Waals surface area contributed by atoms with Gasteiger partial charge in [-0.25, -0.2) is 22.5 Å². The van der Waals surface area contributed by atoms with Crippen LogP contribution in [0.4, 0.5) is 19.0 Å². The van der Waals surface area contributed by atoms with E-state index in [1.807, 2.05) is 0 Å². The highest BCUT2D eigenvalue weighted by molar-refractivity contribution is 7.49. The molecule has 1 aromatic heterocycles. The van der Waals surface area contributed by atoms with Crippen molar-refractivity contribution < 1.29 is 55.7 Å². The minimum atomic E-state index is -4.85. The topological polar surface area (TPSA) is 174 Å². The molecule has 2 aromatic carbocycles. The lowest BCUT2D eigenvalue weighted by Gasteiger charge is -2.31. The number of nitrogens with zero attached hydrogens (tertiary/aromatic N) is 2. The summed E-state index contributed by atoms with van der Waals surface area (Å²) in [4.78, 5) is 15.4. The molecule has 0 amide bonds. The number of rotatable bonds is 11. The average Bonchev–Trinajstić information content (AvgIpc) is 3.21. The van der Waals surface area contributed by atoms with E-state index in [1.165, 1.54) is 62.8 Å². The Bertz CT molecular complexity index is 1410. The van der Waals surface area contributed by atoms with E-state index in [1.54, 1.807) is 0 Å². The molecule has 1 fully saturated rings. The van der Waals surface area contributed by atoms with Gasteiger partial charge in [0, 0.05) is 0 Å². The van der Waals surface area contributed by atoms with Crippen LogP contribution in [0.3, 0.4) is 0 Å². The number of alkyl halides is 2. The number of phosphoric acid groups is 1. The number of anilines is 1. The first-order valence-corrected chi connectivity index (χ1v) is 13.2. The lowest BCUT2D eigenvalue weighted by Crippen LogP contribution is -2.52. The number of aromatic nitrogens is 2. The summed E-state index contributed by atoms with van der Waals surface area (Å²) < 4.78 is 88.5. The predicted octanol–water partition coefficient (Wildman–Crippen LogP) is 2.52. The molecule has 1 saturated heterocycles. The Morgan fingerprint density at radius 1 is 1.02 bits per heavy atom. The smallest absolute Gasteiger partial charge is 0.497 e. The van der Waals surface area contributed by atoms with Gasteiger partial charge in [-0.15, -0.1) is 0 Å². The van der Waals surface area contributed by atoms with Gasteiger partial charge in [-0.2, -0.15) is 4.98 Å². The Morgan fingerprint density at radius 3 is 1.98 bits per heavy atom. The number of benzene rings is 2. The Morgan fingerprint density at radius 2 is 1.51 bits per heavy atom. The zero-order valence-electron chi connectivity index (χ0n) is 21.4. The second-order valence-corrected chi connectivity index (χ2v) is 10.1. The molecule has 0 radical (unpaired) electrons. The van der Waals surface area contributed by atoms with Crippen LogP contribution in [-0.4, -0.2) is 64.8 Å². The fourth-order valence-electron chi connectivity index (χ4n) is 3.82. The summed E-state index contributed by atoms with van der Waals surface area (Å²) in [6, 6.07) is 11.2. The number of hydrogen-bond acceptors (Lipinski definition) is 12. The maximum absolute atomic E-state index is 14.5. The highest BCUT2D eigenvalue weighted by Crippen LogP contribution is 2.52. The van der Waals surface area contributed by atoms with Crippen molar-refractivity contribution >= 4 is 13.6 Å². The molecule has 41 heavy (non-hydrogen) atoms. The van der Waals surface area contributed by atoms with Crippen molar-refractivity contribution in [2.75, 3.05) is 26.6 Å². The number of hydrogen-bond donors (Lipinski definition) is 3. The van der Waals surface area contributed by atoms with Crippen molar-refractivity contribution in [2.24, 2.45) is 0 Å². The first-order valence-electron chi connectivity index (χ1n) is 11.7. The lowest BCUT2D eigenvalue weighted by molar-refractivity contribution is -0.193. The maximum Gasteiger partial charge on any atom is 0.587 e. The minimum Gasteiger partial charge on any atom is -0.497 e. The van der Waals surface area contributed by atoms with Crippen LogP contribution in [0.5, 0.6) is 23.0 Å². The lowest BCUT2D eigenvalue weighted by atomic mass is 9.96. The first-order chi connectivity index (χ1) is 19.4. The zero-order valence-corrected chi connectivity index (χ0v) is 22.3. The minimum absolute atomic E-state index is 0.0745. The molecule has 1 aliphatic rings. The Labute approximate surface area is 230 Å². The van der Waals surface area contributed by atoms with Crippen molar-refractivity contribution in [3.8, 4) is 23.0 Å². The van der Waals surface area contributed by atoms with Gasteiger partial charge < -0.3 is 39.2 Å². The third kappa shape index (κ3) is 6.26. The fraction of sp³-hybridized carbons (Fsp3) is 0.333. The van der Waals surface area contributed by atoms with Gasteiger partial charge in [-0.1, -0.05) is 0 Å². The van der Waals surface area contributed by atoms with Crippen LogP contribution >= 0.6 is 7.82 Å². The van der Waals surface area contributed by atoms with Gasteiger partial charge >= 0.3 is 13.5 Å². The highest BCUT2D eigenvalue weighted by Gasteiger charge is 2.62. The standard InChI is InChI=1S/C24H25F3N3O10P/c1-35-13-3-7-15(8-4-13)39-41(34,40-16-9-5-14(36-2)6-10-16)37-12-24(22(26)27)19(32)18(31)21(38-24)30-11-17(25)20(28)29-23(30)33/h3-11,18-19,21-22,31-32H,12H2,1-2H3,(H2,28,29,33). The Kier molecular flexibility index (Phi) is 8.80. The molecule has 2 heterocycles. The second kappa shape index (κ2) is 12.0. The summed E-state index contributed by atoms with van der Waals surface area (Å²) in [5, 5.41) is 21.1. The maximum atomic E-state index is 14.5. The summed E-state index contributed by atoms with van der Waals surface area (Å²) in [5.41, 5.74) is 0.886. The third-order valence-electron chi connectivity index (χ3n) is 6.04. The van der Waals surface area contributed by atoms with E-state index >= 15 is 0 Å².